The number of aliphatic imine (C=N–C) groups is 1. The Morgan fingerprint density at radius 2 is 1.88 bits per heavy atom. The van der Waals surface area contributed by atoms with Crippen molar-refractivity contribution >= 4 is 34.9 Å². The molecule has 0 spiro atoms. The number of nitro benzene ring substituents is 1. The van der Waals surface area contributed by atoms with Crippen LogP contribution in [-0.2, 0) is 0 Å². The molecule has 0 fully saturated rings. The monoisotopic (exact) mass is 363 g/mol. The molecule has 0 atom stereocenters. The van der Waals surface area contributed by atoms with Gasteiger partial charge in [0.1, 0.15) is 22.2 Å². The summed E-state index contributed by atoms with van der Waals surface area (Å²) in [6.45, 7) is 5.69. The number of nitro groups is 1. The Morgan fingerprint density at radius 3 is 2.44 bits per heavy atom. The van der Waals surface area contributed by atoms with Gasteiger partial charge in [-0.1, -0.05) is 11.6 Å². The van der Waals surface area contributed by atoms with Gasteiger partial charge in [0.15, 0.2) is 0 Å². The topological polar surface area (TPSA) is 99.2 Å². The van der Waals surface area contributed by atoms with Crippen molar-refractivity contribution in [2.75, 3.05) is 18.0 Å². The molecule has 0 aliphatic rings. The van der Waals surface area contributed by atoms with Crippen molar-refractivity contribution in [1.82, 2.24) is 0 Å². The summed E-state index contributed by atoms with van der Waals surface area (Å²) in [5, 5.41) is 30.7. The molecule has 0 aromatic heterocycles. The smallest absolute Gasteiger partial charge is 0.291 e. The molecule has 0 amide bonds. The van der Waals surface area contributed by atoms with E-state index >= 15 is 0 Å². The molecule has 2 aromatic rings. The Labute approximate surface area is 150 Å². The molecule has 0 aliphatic heterocycles. The molecule has 0 saturated carbocycles. The third kappa shape index (κ3) is 4.19. The molecule has 8 heteroatoms. The molecule has 25 heavy (non-hydrogen) atoms. The number of anilines is 1. The van der Waals surface area contributed by atoms with E-state index < -0.39 is 10.6 Å². The molecule has 0 bridgehead atoms. The fourth-order valence-electron chi connectivity index (χ4n) is 2.35. The average molecular weight is 364 g/mol. The number of hydrogen-bond acceptors (Lipinski definition) is 6. The van der Waals surface area contributed by atoms with Gasteiger partial charge in [-0.25, -0.2) is 0 Å². The fourth-order valence-corrected chi connectivity index (χ4v) is 2.58. The molecule has 2 N–H and O–H groups in total. The second-order valence-electron chi connectivity index (χ2n) is 5.22. The van der Waals surface area contributed by atoms with Gasteiger partial charge in [-0.05, 0) is 32.0 Å². The van der Waals surface area contributed by atoms with E-state index in [1.165, 1.54) is 12.3 Å². The SMILES string of the molecule is CCN(CC)c1ccc(C=Nc2cc(Cl)c([N+](=O)[O-])cc2O)c(O)c1. The number of rotatable bonds is 6. The normalized spacial score (nSPS) is 11.0. The van der Waals surface area contributed by atoms with Gasteiger partial charge in [0.2, 0.25) is 0 Å². The first-order valence-corrected chi connectivity index (χ1v) is 8.04. The number of phenolic OH excluding ortho intramolecular Hbond substituents is 2. The van der Waals surface area contributed by atoms with E-state index in [4.69, 9.17) is 11.6 Å². The highest BCUT2D eigenvalue weighted by atomic mass is 35.5. The van der Waals surface area contributed by atoms with Crippen LogP contribution in [0.2, 0.25) is 5.02 Å². The zero-order valence-corrected chi connectivity index (χ0v) is 14.6. The highest BCUT2D eigenvalue weighted by Crippen LogP contribution is 2.36. The van der Waals surface area contributed by atoms with Crippen molar-refractivity contribution in [1.29, 1.82) is 0 Å². The lowest BCUT2D eigenvalue weighted by Crippen LogP contribution is -2.21. The Kier molecular flexibility index (Phi) is 5.82. The molecule has 0 radical (unpaired) electrons. The molecule has 2 aromatic carbocycles. The third-order valence-electron chi connectivity index (χ3n) is 3.73. The molecule has 7 nitrogen and oxygen atoms in total. The quantitative estimate of drug-likeness (QED) is 0.454. The van der Waals surface area contributed by atoms with E-state index in [0.717, 1.165) is 24.8 Å². The van der Waals surface area contributed by atoms with E-state index in [2.05, 4.69) is 9.89 Å². The first-order chi connectivity index (χ1) is 11.9. The third-order valence-corrected chi connectivity index (χ3v) is 4.03. The van der Waals surface area contributed by atoms with E-state index in [9.17, 15) is 20.3 Å². The first-order valence-electron chi connectivity index (χ1n) is 7.66. The summed E-state index contributed by atoms with van der Waals surface area (Å²) in [6, 6.07) is 7.34. The standard InChI is InChI=1S/C17H18ClN3O4/c1-3-20(4-2)12-6-5-11(16(22)7-12)10-19-14-8-13(18)15(21(24)25)9-17(14)23/h5-10,22-23H,3-4H2,1-2H3. The van der Waals surface area contributed by atoms with Crippen LogP contribution < -0.4 is 4.90 Å². The summed E-state index contributed by atoms with van der Waals surface area (Å²) in [6.07, 6.45) is 1.36. The summed E-state index contributed by atoms with van der Waals surface area (Å²) in [5.41, 5.74) is 1.01. The molecular formula is C17H18ClN3O4. The summed E-state index contributed by atoms with van der Waals surface area (Å²) < 4.78 is 0. The number of phenols is 2. The molecule has 0 saturated heterocycles. The van der Waals surface area contributed by atoms with E-state index in [-0.39, 0.29) is 22.2 Å². The minimum atomic E-state index is -0.687. The van der Waals surface area contributed by atoms with Gasteiger partial charge in [0, 0.05) is 36.6 Å². The van der Waals surface area contributed by atoms with Gasteiger partial charge in [0.05, 0.1) is 11.0 Å². The number of nitrogens with zero attached hydrogens (tertiary/aromatic N) is 3. The van der Waals surface area contributed by atoms with Crippen molar-refractivity contribution < 1.29 is 15.1 Å². The van der Waals surface area contributed by atoms with E-state index in [0.29, 0.717) is 5.56 Å². The molecule has 0 aliphatic carbocycles. The highest BCUT2D eigenvalue weighted by Gasteiger charge is 2.16. The van der Waals surface area contributed by atoms with Crippen LogP contribution in [0, 0.1) is 10.1 Å². The zero-order chi connectivity index (χ0) is 18.6. The van der Waals surface area contributed by atoms with Crippen LogP contribution in [0.3, 0.4) is 0 Å². The van der Waals surface area contributed by atoms with E-state index in [1.807, 2.05) is 19.9 Å². The van der Waals surface area contributed by atoms with Crippen molar-refractivity contribution in [3.63, 3.8) is 0 Å². The van der Waals surface area contributed by atoms with Crippen molar-refractivity contribution in [3.05, 3.63) is 51.0 Å². The lowest BCUT2D eigenvalue weighted by Gasteiger charge is -2.21. The Morgan fingerprint density at radius 1 is 1.20 bits per heavy atom. The van der Waals surface area contributed by atoms with Gasteiger partial charge in [-0.15, -0.1) is 0 Å². The van der Waals surface area contributed by atoms with Crippen LogP contribution in [0.5, 0.6) is 11.5 Å². The summed E-state index contributed by atoms with van der Waals surface area (Å²) in [7, 11) is 0. The zero-order valence-electron chi connectivity index (χ0n) is 13.8. The predicted octanol–water partition coefficient (Wildman–Crippen LogP) is 4.26. The van der Waals surface area contributed by atoms with Crippen molar-refractivity contribution in [2.45, 2.75) is 13.8 Å². The van der Waals surface area contributed by atoms with Crippen LogP contribution in [0.15, 0.2) is 35.3 Å². The predicted molar refractivity (Wildman–Crippen MR) is 98.7 cm³/mol. The van der Waals surface area contributed by atoms with Gasteiger partial charge in [0.25, 0.3) is 5.69 Å². The Balaban J connectivity index is 2.31. The largest absolute Gasteiger partial charge is 0.507 e. The molecular weight excluding hydrogens is 346 g/mol. The second kappa shape index (κ2) is 7.85. The van der Waals surface area contributed by atoms with Crippen LogP contribution in [0.1, 0.15) is 19.4 Å². The van der Waals surface area contributed by atoms with Gasteiger partial charge in [-0.3, -0.25) is 15.1 Å². The maximum Gasteiger partial charge on any atom is 0.291 e. The lowest BCUT2D eigenvalue weighted by molar-refractivity contribution is -0.384. The highest BCUT2D eigenvalue weighted by molar-refractivity contribution is 6.33. The Bertz CT molecular complexity index is 820. The minimum Gasteiger partial charge on any atom is -0.507 e. The Hall–Kier alpha value is -2.80. The number of halogens is 1. The second-order valence-corrected chi connectivity index (χ2v) is 5.63. The fraction of sp³-hybridized carbons (Fsp3) is 0.235. The maximum atomic E-state index is 10.8. The van der Waals surface area contributed by atoms with Gasteiger partial charge < -0.3 is 15.1 Å². The molecule has 132 valence electrons. The molecule has 0 unspecified atom stereocenters. The van der Waals surface area contributed by atoms with Crippen molar-refractivity contribution in [2.24, 2.45) is 4.99 Å². The minimum absolute atomic E-state index is 0.0423. The molecule has 0 heterocycles. The first kappa shape index (κ1) is 18.5. The van der Waals surface area contributed by atoms with Crippen LogP contribution in [-0.4, -0.2) is 34.4 Å². The lowest BCUT2D eigenvalue weighted by atomic mass is 10.1. The summed E-state index contributed by atoms with van der Waals surface area (Å²) >= 11 is 5.82. The average Bonchev–Trinajstić information content (AvgIpc) is 2.57. The van der Waals surface area contributed by atoms with E-state index in [1.54, 1.807) is 12.1 Å². The number of hydrogen-bond donors (Lipinski definition) is 2. The number of aromatic hydroxyl groups is 2. The summed E-state index contributed by atoms with van der Waals surface area (Å²) in [5.74, 6) is -0.327. The van der Waals surface area contributed by atoms with Gasteiger partial charge >= 0.3 is 0 Å². The van der Waals surface area contributed by atoms with Gasteiger partial charge in [-0.2, -0.15) is 0 Å². The maximum absolute atomic E-state index is 10.8. The van der Waals surface area contributed by atoms with Crippen LogP contribution >= 0.6 is 11.6 Å². The van der Waals surface area contributed by atoms with Crippen LogP contribution in [0.4, 0.5) is 17.1 Å². The summed E-state index contributed by atoms with van der Waals surface area (Å²) in [4.78, 5) is 16.2. The van der Waals surface area contributed by atoms with Crippen molar-refractivity contribution in [3.8, 4) is 11.5 Å². The molecule has 2 rings (SSSR count). The number of benzene rings is 2. The van der Waals surface area contributed by atoms with Crippen LogP contribution in [0.25, 0.3) is 0 Å².